The van der Waals surface area contributed by atoms with Gasteiger partial charge in [-0.05, 0) is 12.1 Å². The summed E-state index contributed by atoms with van der Waals surface area (Å²) in [6, 6.07) is 7.82. The van der Waals surface area contributed by atoms with Crippen LogP contribution in [0.5, 0.6) is 0 Å². The number of anilines is 1. The molecule has 2 unspecified atom stereocenters. The quantitative estimate of drug-likeness (QED) is 0.704. The van der Waals surface area contributed by atoms with E-state index < -0.39 is 0 Å². The molecule has 84 valence electrons. The van der Waals surface area contributed by atoms with Gasteiger partial charge >= 0.3 is 0 Å². The molecule has 0 aliphatic carbocycles. The first kappa shape index (κ1) is 9.85. The number of carbonyl (C=O) groups is 1. The first-order valence-corrected chi connectivity index (χ1v) is 5.75. The van der Waals surface area contributed by atoms with E-state index in [2.05, 4.69) is 4.90 Å². The van der Waals surface area contributed by atoms with E-state index in [9.17, 15) is 4.79 Å². The Balaban J connectivity index is 1.85. The van der Waals surface area contributed by atoms with Crippen molar-refractivity contribution in [2.75, 3.05) is 31.2 Å². The summed E-state index contributed by atoms with van der Waals surface area (Å²) in [4.78, 5) is 13.3. The molecular weight excluding hydrogens is 202 g/mol. The number of ether oxygens (including phenoxy) is 1. The van der Waals surface area contributed by atoms with Gasteiger partial charge in [0.25, 0.3) is 0 Å². The van der Waals surface area contributed by atoms with Crippen LogP contribution in [0.25, 0.3) is 0 Å². The van der Waals surface area contributed by atoms with E-state index in [1.165, 1.54) is 0 Å². The van der Waals surface area contributed by atoms with Gasteiger partial charge in [0.15, 0.2) is 6.29 Å². The van der Waals surface area contributed by atoms with Crippen LogP contribution >= 0.6 is 0 Å². The van der Waals surface area contributed by atoms with Gasteiger partial charge in [0.2, 0.25) is 0 Å². The molecule has 1 aromatic carbocycles. The van der Waals surface area contributed by atoms with Gasteiger partial charge in [-0.1, -0.05) is 12.1 Å². The zero-order chi connectivity index (χ0) is 11.0. The van der Waals surface area contributed by atoms with Crippen LogP contribution in [0.3, 0.4) is 0 Å². The van der Waals surface area contributed by atoms with Crippen LogP contribution in [0.1, 0.15) is 10.4 Å². The average Bonchev–Trinajstić information content (AvgIpc) is 2.89. The van der Waals surface area contributed by atoms with Crippen molar-refractivity contribution in [1.29, 1.82) is 0 Å². The van der Waals surface area contributed by atoms with E-state index in [1.54, 1.807) is 0 Å². The van der Waals surface area contributed by atoms with Crippen molar-refractivity contribution in [3.05, 3.63) is 29.8 Å². The van der Waals surface area contributed by atoms with Crippen LogP contribution in [0.15, 0.2) is 24.3 Å². The van der Waals surface area contributed by atoms with E-state index in [1.807, 2.05) is 24.3 Å². The Labute approximate surface area is 95.0 Å². The lowest BCUT2D eigenvalue weighted by atomic mass is 10.0. The van der Waals surface area contributed by atoms with E-state index in [0.29, 0.717) is 11.8 Å². The highest BCUT2D eigenvalue weighted by atomic mass is 16.5. The number of para-hydroxylation sites is 1. The topological polar surface area (TPSA) is 29.5 Å². The molecule has 2 aliphatic heterocycles. The second-order valence-electron chi connectivity index (χ2n) is 4.64. The fourth-order valence-electron chi connectivity index (χ4n) is 2.76. The predicted molar refractivity (Wildman–Crippen MR) is 61.8 cm³/mol. The Bertz CT molecular complexity index is 393. The second kappa shape index (κ2) is 3.91. The Hall–Kier alpha value is -1.35. The third-order valence-corrected chi connectivity index (χ3v) is 3.64. The van der Waals surface area contributed by atoms with Gasteiger partial charge in [-0.15, -0.1) is 0 Å². The van der Waals surface area contributed by atoms with Crippen molar-refractivity contribution in [2.24, 2.45) is 11.8 Å². The van der Waals surface area contributed by atoms with Crippen LogP contribution in [0, 0.1) is 11.8 Å². The van der Waals surface area contributed by atoms with Crippen molar-refractivity contribution in [3.63, 3.8) is 0 Å². The van der Waals surface area contributed by atoms with Gasteiger partial charge in [0.1, 0.15) is 0 Å². The molecule has 3 heteroatoms. The van der Waals surface area contributed by atoms with Crippen molar-refractivity contribution in [2.45, 2.75) is 0 Å². The highest BCUT2D eigenvalue weighted by Crippen LogP contribution is 2.33. The monoisotopic (exact) mass is 217 g/mol. The van der Waals surface area contributed by atoms with Crippen LogP contribution in [-0.2, 0) is 4.74 Å². The highest BCUT2D eigenvalue weighted by molar-refractivity contribution is 5.84. The van der Waals surface area contributed by atoms with E-state index in [4.69, 9.17) is 4.74 Å². The van der Waals surface area contributed by atoms with E-state index >= 15 is 0 Å². The van der Waals surface area contributed by atoms with Gasteiger partial charge in [-0.25, -0.2) is 0 Å². The number of carbonyl (C=O) groups excluding carboxylic acids is 1. The molecule has 3 nitrogen and oxygen atoms in total. The Morgan fingerprint density at radius 2 is 1.88 bits per heavy atom. The van der Waals surface area contributed by atoms with Gasteiger partial charge in [-0.2, -0.15) is 0 Å². The number of hydrogen-bond donors (Lipinski definition) is 0. The lowest BCUT2D eigenvalue weighted by molar-refractivity contribution is 0.112. The Morgan fingerprint density at radius 3 is 2.56 bits per heavy atom. The number of rotatable bonds is 2. The lowest BCUT2D eigenvalue weighted by Gasteiger charge is -2.21. The molecule has 0 amide bonds. The molecule has 1 aromatic rings. The fraction of sp³-hybridized carbons (Fsp3) is 0.462. The predicted octanol–water partition coefficient (Wildman–Crippen LogP) is 1.58. The van der Waals surface area contributed by atoms with Gasteiger partial charge in [0, 0.05) is 36.2 Å². The van der Waals surface area contributed by atoms with Crippen molar-refractivity contribution >= 4 is 12.0 Å². The lowest BCUT2D eigenvalue weighted by Crippen LogP contribution is -2.23. The van der Waals surface area contributed by atoms with Crippen molar-refractivity contribution in [3.8, 4) is 0 Å². The van der Waals surface area contributed by atoms with Crippen LogP contribution in [0.4, 0.5) is 5.69 Å². The Kier molecular flexibility index (Phi) is 2.40. The molecular formula is C13H15NO2. The SMILES string of the molecule is O=Cc1ccccc1N1CC2COCC2C1. The summed E-state index contributed by atoms with van der Waals surface area (Å²) in [6.45, 7) is 3.81. The average molecular weight is 217 g/mol. The maximum absolute atomic E-state index is 11.0. The molecule has 16 heavy (non-hydrogen) atoms. The molecule has 3 rings (SSSR count). The molecule has 2 atom stereocenters. The Morgan fingerprint density at radius 1 is 1.19 bits per heavy atom. The summed E-state index contributed by atoms with van der Waals surface area (Å²) < 4.78 is 5.46. The highest BCUT2D eigenvalue weighted by Gasteiger charge is 2.37. The summed E-state index contributed by atoms with van der Waals surface area (Å²) in [5.41, 5.74) is 1.87. The molecule has 0 saturated carbocycles. The summed E-state index contributed by atoms with van der Waals surface area (Å²) in [5.74, 6) is 1.31. The fourth-order valence-corrected chi connectivity index (χ4v) is 2.76. The second-order valence-corrected chi connectivity index (χ2v) is 4.64. The third-order valence-electron chi connectivity index (χ3n) is 3.64. The first-order chi connectivity index (χ1) is 7.88. The van der Waals surface area contributed by atoms with Gasteiger partial charge in [0.05, 0.1) is 13.2 Å². The number of nitrogens with zero attached hydrogens (tertiary/aromatic N) is 1. The minimum atomic E-state index is 0.653. The number of hydrogen-bond acceptors (Lipinski definition) is 3. The number of fused-ring (bicyclic) bond motifs is 1. The maximum Gasteiger partial charge on any atom is 0.152 e. The van der Waals surface area contributed by atoms with Crippen molar-refractivity contribution < 1.29 is 9.53 Å². The maximum atomic E-state index is 11.0. The third kappa shape index (κ3) is 1.52. The van der Waals surface area contributed by atoms with E-state index in [0.717, 1.165) is 43.8 Å². The van der Waals surface area contributed by atoms with E-state index in [-0.39, 0.29) is 0 Å². The minimum Gasteiger partial charge on any atom is -0.381 e. The molecule has 0 N–H and O–H groups in total. The zero-order valence-corrected chi connectivity index (χ0v) is 9.13. The van der Waals surface area contributed by atoms with Gasteiger partial charge < -0.3 is 9.64 Å². The standard InChI is InChI=1S/C13H15NO2/c15-7-10-3-1-2-4-13(10)14-5-11-8-16-9-12(11)6-14/h1-4,7,11-12H,5-6,8-9H2. The van der Waals surface area contributed by atoms with Crippen LogP contribution in [-0.4, -0.2) is 32.6 Å². The van der Waals surface area contributed by atoms with Gasteiger partial charge in [-0.3, -0.25) is 4.79 Å². The molecule has 0 bridgehead atoms. The molecule has 2 heterocycles. The minimum absolute atomic E-state index is 0.653. The summed E-state index contributed by atoms with van der Waals surface area (Å²) in [7, 11) is 0. The number of aldehydes is 1. The van der Waals surface area contributed by atoms with Crippen molar-refractivity contribution in [1.82, 2.24) is 0 Å². The normalized spacial score (nSPS) is 28.1. The largest absolute Gasteiger partial charge is 0.381 e. The summed E-state index contributed by atoms with van der Waals surface area (Å²) >= 11 is 0. The molecule has 0 aromatic heterocycles. The molecule has 0 radical (unpaired) electrons. The number of benzene rings is 1. The molecule has 0 spiro atoms. The molecule has 2 fully saturated rings. The summed E-state index contributed by atoms with van der Waals surface area (Å²) in [5, 5.41) is 0. The first-order valence-electron chi connectivity index (χ1n) is 5.75. The zero-order valence-electron chi connectivity index (χ0n) is 9.13. The summed E-state index contributed by atoms with van der Waals surface area (Å²) in [6.07, 6.45) is 0.944. The van der Waals surface area contributed by atoms with Crippen LogP contribution < -0.4 is 4.90 Å². The smallest absolute Gasteiger partial charge is 0.152 e. The molecule has 2 aliphatic rings. The van der Waals surface area contributed by atoms with Crippen LogP contribution in [0.2, 0.25) is 0 Å². The molecule has 2 saturated heterocycles.